The summed E-state index contributed by atoms with van der Waals surface area (Å²) in [6.45, 7) is 4.23. The molecule has 1 aromatic rings. The molecule has 92 valence electrons. The number of benzene rings is 1. The van der Waals surface area contributed by atoms with Crippen molar-refractivity contribution in [1.29, 1.82) is 0 Å². The van der Waals surface area contributed by atoms with Gasteiger partial charge in [0.1, 0.15) is 0 Å². The van der Waals surface area contributed by atoms with Gasteiger partial charge < -0.3 is 15.2 Å². The SMILES string of the molecule is CC(=CCCN)c1ccc2c(c1)OCCCO2. The molecule has 2 N–H and O–H groups in total. The smallest absolute Gasteiger partial charge is 0.161 e. The average molecular weight is 233 g/mol. The van der Waals surface area contributed by atoms with Crippen LogP contribution in [0.15, 0.2) is 24.3 Å². The van der Waals surface area contributed by atoms with Crippen LogP contribution in [0.4, 0.5) is 0 Å². The standard InChI is InChI=1S/C14H19NO2/c1-11(4-2-7-15)12-5-6-13-14(10-12)17-9-3-8-16-13/h4-6,10H,2-3,7-9,15H2,1H3. The van der Waals surface area contributed by atoms with E-state index in [1.807, 2.05) is 12.1 Å². The van der Waals surface area contributed by atoms with Crippen molar-refractivity contribution >= 4 is 5.57 Å². The van der Waals surface area contributed by atoms with Crippen molar-refractivity contribution in [3.05, 3.63) is 29.8 Å². The first kappa shape index (κ1) is 12.0. The number of nitrogens with two attached hydrogens (primary N) is 1. The van der Waals surface area contributed by atoms with Gasteiger partial charge in [0.2, 0.25) is 0 Å². The van der Waals surface area contributed by atoms with Crippen molar-refractivity contribution in [3.63, 3.8) is 0 Å². The molecule has 0 atom stereocenters. The molecule has 0 bridgehead atoms. The van der Waals surface area contributed by atoms with E-state index >= 15 is 0 Å². The third kappa shape index (κ3) is 3.01. The molecule has 2 rings (SSSR count). The van der Waals surface area contributed by atoms with Crippen LogP contribution in [0.2, 0.25) is 0 Å². The summed E-state index contributed by atoms with van der Waals surface area (Å²) in [6, 6.07) is 6.09. The minimum Gasteiger partial charge on any atom is -0.490 e. The van der Waals surface area contributed by atoms with Crippen molar-refractivity contribution in [2.24, 2.45) is 5.73 Å². The van der Waals surface area contributed by atoms with E-state index in [2.05, 4.69) is 19.1 Å². The molecule has 1 aliphatic heterocycles. The van der Waals surface area contributed by atoms with Gasteiger partial charge in [-0.25, -0.2) is 0 Å². The lowest BCUT2D eigenvalue weighted by molar-refractivity contribution is 0.297. The van der Waals surface area contributed by atoms with E-state index in [4.69, 9.17) is 15.2 Å². The van der Waals surface area contributed by atoms with E-state index in [9.17, 15) is 0 Å². The van der Waals surface area contributed by atoms with Crippen LogP contribution in [0.5, 0.6) is 11.5 Å². The highest BCUT2D eigenvalue weighted by Gasteiger charge is 2.10. The molecular weight excluding hydrogens is 214 g/mol. The second-order valence-corrected chi connectivity index (χ2v) is 4.18. The maximum Gasteiger partial charge on any atom is 0.161 e. The van der Waals surface area contributed by atoms with Crippen LogP contribution >= 0.6 is 0 Å². The predicted octanol–water partition coefficient (Wildman–Crippen LogP) is 2.60. The fourth-order valence-electron chi connectivity index (χ4n) is 1.83. The topological polar surface area (TPSA) is 44.5 Å². The first-order valence-corrected chi connectivity index (χ1v) is 6.08. The molecule has 1 aromatic carbocycles. The zero-order valence-corrected chi connectivity index (χ0v) is 10.2. The zero-order chi connectivity index (χ0) is 12.1. The van der Waals surface area contributed by atoms with E-state index in [1.54, 1.807) is 0 Å². The molecule has 1 heterocycles. The highest BCUT2D eigenvalue weighted by Crippen LogP contribution is 2.32. The molecule has 0 spiro atoms. The van der Waals surface area contributed by atoms with Gasteiger partial charge in [0.25, 0.3) is 0 Å². The number of hydrogen-bond acceptors (Lipinski definition) is 3. The van der Waals surface area contributed by atoms with E-state index in [0.29, 0.717) is 6.54 Å². The fraction of sp³-hybridized carbons (Fsp3) is 0.429. The van der Waals surface area contributed by atoms with E-state index < -0.39 is 0 Å². The molecule has 0 fully saturated rings. The molecule has 17 heavy (non-hydrogen) atoms. The Morgan fingerprint density at radius 2 is 2.06 bits per heavy atom. The lowest BCUT2D eigenvalue weighted by atomic mass is 10.1. The number of rotatable bonds is 3. The van der Waals surface area contributed by atoms with Gasteiger partial charge >= 0.3 is 0 Å². The first-order valence-electron chi connectivity index (χ1n) is 6.08. The average Bonchev–Trinajstić information content (AvgIpc) is 2.60. The highest BCUT2D eigenvalue weighted by atomic mass is 16.5. The van der Waals surface area contributed by atoms with Gasteiger partial charge in [-0.05, 0) is 43.2 Å². The first-order chi connectivity index (χ1) is 8.31. The highest BCUT2D eigenvalue weighted by molar-refractivity contribution is 5.66. The largest absolute Gasteiger partial charge is 0.490 e. The Kier molecular flexibility index (Phi) is 4.04. The van der Waals surface area contributed by atoms with Crippen LogP contribution in [-0.2, 0) is 0 Å². The minimum atomic E-state index is 0.682. The molecule has 3 nitrogen and oxygen atoms in total. The van der Waals surface area contributed by atoms with Gasteiger partial charge in [0, 0.05) is 6.42 Å². The van der Waals surface area contributed by atoms with Crippen LogP contribution in [0.25, 0.3) is 5.57 Å². The molecule has 1 aliphatic rings. The van der Waals surface area contributed by atoms with Crippen molar-refractivity contribution < 1.29 is 9.47 Å². The summed E-state index contributed by atoms with van der Waals surface area (Å²) in [5.74, 6) is 1.69. The van der Waals surface area contributed by atoms with Crippen molar-refractivity contribution in [2.45, 2.75) is 19.8 Å². The Morgan fingerprint density at radius 3 is 2.82 bits per heavy atom. The summed E-state index contributed by atoms with van der Waals surface area (Å²) in [7, 11) is 0. The summed E-state index contributed by atoms with van der Waals surface area (Å²) in [5.41, 5.74) is 7.89. The summed E-state index contributed by atoms with van der Waals surface area (Å²) in [5, 5.41) is 0. The van der Waals surface area contributed by atoms with Crippen molar-refractivity contribution in [3.8, 4) is 11.5 Å². The second kappa shape index (κ2) is 5.73. The molecule has 0 saturated carbocycles. The third-order valence-electron chi connectivity index (χ3n) is 2.82. The van der Waals surface area contributed by atoms with Gasteiger partial charge in [-0.15, -0.1) is 0 Å². The van der Waals surface area contributed by atoms with Crippen LogP contribution in [-0.4, -0.2) is 19.8 Å². The molecule has 0 saturated heterocycles. The Morgan fingerprint density at radius 1 is 1.29 bits per heavy atom. The molecule has 0 aliphatic carbocycles. The van der Waals surface area contributed by atoms with Crippen LogP contribution in [0.1, 0.15) is 25.3 Å². The van der Waals surface area contributed by atoms with Crippen LogP contribution in [0, 0.1) is 0 Å². The predicted molar refractivity (Wildman–Crippen MR) is 69.4 cm³/mol. The summed E-state index contributed by atoms with van der Waals surface area (Å²) < 4.78 is 11.3. The van der Waals surface area contributed by atoms with E-state index in [1.165, 1.54) is 11.1 Å². The van der Waals surface area contributed by atoms with Gasteiger partial charge in [-0.1, -0.05) is 12.1 Å². The molecular formula is C14H19NO2. The molecule has 0 unspecified atom stereocenters. The van der Waals surface area contributed by atoms with E-state index in [-0.39, 0.29) is 0 Å². The summed E-state index contributed by atoms with van der Waals surface area (Å²) in [4.78, 5) is 0. The Balaban J connectivity index is 2.23. The zero-order valence-electron chi connectivity index (χ0n) is 10.2. The molecule has 0 aromatic heterocycles. The van der Waals surface area contributed by atoms with Crippen LogP contribution < -0.4 is 15.2 Å². The lowest BCUT2D eigenvalue weighted by Crippen LogP contribution is -1.97. The minimum absolute atomic E-state index is 0.682. The molecule has 3 heteroatoms. The maximum atomic E-state index is 5.67. The Labute approximate surface area is 102 Å². The number of allylic oxidation sites excluding steroid dienone is 1. The monoisotopic (exact) mass is 233 g/mol. The molecule has 0 amide bonds. The Bertz CT molecular complexity index is 413. The van der Waals surface area contributed by atoms with E-state index in [0.717, 1.165) is 37.6 Å². The molecule has 0 radical (unpaired) electrons. The maximum absolute atomic E-state index is 5.67. The Hall–Kier alpha value is -1.48. The number of ether oxygens (including phenoxy) is 2. The van der Waals surface area contributed by atoms with Crippen molar-refractivity contribution in [1.82, 2.24) is 0 Å². The summed E-state index contributed by atoms with van der Waals surface area (Å²) in [6.07, 6.45) is 3.99. The lowest BCUT2D eigenvalue weighted by Gasteiger charge is -2.09. The van der Waals surface area contributed by atoms with Crippen molar-refractivity contribution in [2.75, 3.05) is 19.8 Å². The van der Waals surface area contributed by atoms with Gasteiger partial charge in [0.15, 0.2) is 11.5 Å². The van der Waals surface area contributed by atoms with Crippen LogP contribution in [0.3, 0.4) is 0 Å². The second-order valence-electron chi connectivity index (χ2n) is 4.18. The number of fused-ring (bicyclic) bond motifs is 1. The quantitative estimate of drug-likeness (QED) is 0.872. The fourth-order valence-corrected chi connectivity index (χ4v) is 1.83. The normalized spacial score (nSPS) is 15.5. The third-order valence-corrected chi connectivity index (χ3v) is 2.82. The van der Waals surface area contributed by atoms with Gasteiger partial charge in [0.05, 0.1) is 13.2 Å². The van der Waals surface area contributed by atoms with Gasteiger partial charge in [-0.3, -0.25) is 0 Å². The van der Waals surface area contributed by atoms with Gasteiger partial charge in [-0.2, -0.15) is 0 Å². The summed E-state index contributed by atoms with van der Waals surface area (Å²) >= 11 is 0. The number of hydrogen-bond donors (Lipinski definition) is 1.